The standard InChI is InChI=1S/C14H19ClN2O2/c1-17(10-14(18)16-12-5-6-12)7-8-19-13-4-2-3-11(15)9-13/h2-4,9,12H,5-8,10H2,1H3,(H,16,18). The van der Waals surface area contributed by atoms with Crippen molar-refractivity contribution >= 4 is 17.5 Å². The van der Waals surface area contributed by atoms with Crippen molar-refractivity contribution < 1.29 is 9.53 Å². The average Bonchev–Trinajstić information content (AvgIpc) is 3.12. The summed E-state index contributed by atoms with van der Waals surface area (Å²) in [6.07, 6.45) is 2.24. The predicted molar refractivity (Wildman–Crippen MR) is 75.6 cm³/mol. The van der Waals surface area contributed by atoms with Gasteiger partial charge in [0.15, 0.2) is 0 Å². The average molecular weight is 283 g/mol. The third-order valence-electron chi connectivity index (χ3n) is 2.89. The van der Waals surface area contributed by atoms with Crippen molar-refractivity contribution in [2.45, 2.75) is 18.9 Å². The van der Waals surface area contributed by atoms with E-state index in [9.17, 15) is 4.79 Å². The number of halogens is 1. The molecule has 4 nitrogen and oxygen atoms in total. The Balaban J connectivity index is 1.62. The Bertz CT molecular complexity index is 435. The number of likely N-dealkylation sites (N-methyl/N-ethyl adjacent to an activating group) is 1. The van der Waals surface area contributed by atoms with Crippen molar-refractivity contribution in [3.05, 3.63) is 29.3 Å². The lowest BCUT2D eigenvalue weighted by Gasteiger charge is -2.16. The molecular weight excluding hydrogens is 264 g/mol. The monoisotopic (exact) mass is 282 g/mol. The first-order chi connectivity index (χ1) is 9.13. The summed E-state index contributed by atoms with van der Waals surface area (Å²) in [6.45, 7) is 1.65. The maximum absolute atomic E-state index is 11.6. The third-order valence-corrected chi connectivity index (χ3v) is 3.13. The van der Waals surface area contributed by atoms with Crippen LogP contribution >= 0.6 is 11.6 Å². The van der Waals surface area contributed by atoms with E-state index in [1.54, 1.807) is 6.07 Å². The molecule has 1 fully saturated rings. The van der Waals surface area contributed by atoms with Gasteiger partial charge in [0.05, 0.1) is 6.54 Å². The van der Waals surface area contributed by atoms with E-state index in [1.165, 1.54) is 0 Å². The fourth-order valence-corrected chi connectivity index (χ4v) is 1.88. The Hall–Kier alpha value is -1.26. The number of nitrogens with zero attached hydrogens (tertiary/aromatic N) is 1. The summed E-state index contributed by atoms with van der Waals surface area (Å²) in [6, 6.07) is 7.73. The second kappa shape index (κ2) is 6.78. The topological polar surface area (TPSA) is 41.6 Å². The first-order valence-corrected chi connectivity index (χ1v) is 6.87. The molecule has 1 aliphatic carbocycles. The predicted octanol–water partition coefficient (Wildman–Crippen LogP) is 1.93. The van der Waals surface area contributed by atoms with Crippen molar-refractivity contribution in [1.82, 2.24) is 10.2 Å². The molecule has 2 rings (SSSR count). The lowest BCUT2D eigenvalue weighted by molar-refractivity contribution is -0.122. The van der Waals surface area contributed by atoms with Crippen LogP contribution in [0.4, 0.5) is 0 Å². The zero-order valence-electron chi connectivity index (χ0n) is 11.1. The Morgan fingerprint density at radius 1 is 1.53 bits per heavy atom. The van der Waals surface area contributed by atoms with Crippen molar-refractivity contribution in [2.75, 3.05) is 26.7 Å². The maximum Gasteiger partial charge on any atom is 0.234 e. The quantitative estimate of drug-likeness (QED) is 0.831. The van der Waals surface area contributed by atoms with Gasteiger partial charge in [0.25, 0.3) is 0 Å². The highest BCUT2D eigenvalue weighted by Gasteiger charge is 2.23. The fourth-order valence-electron chi connectivity index (χ4n) is 1.70. The van der Waals surface area contributed by atoms with E-state index >= 15 is 0 Å². The molecule has 1 aromatic carbocycles. The molecule has 104 valence electrons. The number of carbonyl (C=O) groups is 1. The largest absolute Gasteiger partial charge is 0.492 e. The zero-order valence-corrected chi connectivity index (χ0v) is 11.8. The van der Waals surface area contributed by atoms with Gasteiger partial charge in [-0.25, -0.2) is 0 Å². The Kier molecular flexibility index (Phi) is 5.05. The molecule has 1 N–H and O–H groups in total. The molecule has 0 aliphatic heterocycles. The normalized spacial score (nSPS) is 14.5. The molecule has 0 radical (unpaired) electrons. The number of amides is 1. The number of hydrogen-bond donors (Lipinski definition) is 1. The summed E-state index contributed by atoms with van der Waals surface area (Å²) in [7, 11) is 1.91. The minimum absolute atomic E-state index is 0.0905. The molecule has 1 aliphatic rings. The highest BCUT2D eigenvalue weighted by Crippen LogP contribution is 2.18. The molecule has 5 heteroatoms. The van der Waals surface area contributed by atoms with Gasteiger partial charge in [-0.1, -0.05) is 17.7 Å². The van der Waals surface area contributed by atoms with Gasteiger partial charge >= 0.3 is 0 Å². The number of rotatable bonds is 7. The molecule has 1 aromatic rings. The third kappa shape index (κ3) is 5.49. The van der Waals surface area contributed by atoms with Gasteiger partial charge in [-0.05, 0) is 38.1 Å². The lowest BCUT2D eigenvalue weighted by Crippen LogP contribution is -2.37. The molecule has 0 atom stereocenters. The van der Waals surface area contributed by atoms with Crippen LogP contribution in [0.3, 0.4) is 0 Å². The molecule has 0 spiro atoms. The van der Waals surface area contributed by atoms with E-state index in [0.29, 0.717) is 30.8 Å². The lowest BCUT2D eigenvalue weighted by atomic mass is 10.3. The van der Waals surface area contributed by atoms with Crippen LogP contribution in [0, 0.1) is 0 Å². The summed E-state index contributed by atoms with van der Waals surface area (Å²) in [5.74, 6) is 0.844. The van der Waals surface area contributed by atoms with Gasteiger partial charge in [-0.15, -0.1) is 0 Å². The molecule has 1 amide bonds. The number of benzene rings is 1. The fraction of sp³-hybridized carbons (Fsp3) is 0.500. The van der Waals surface area contributed by atoms with Gasteiger partial charge < -0.3 is 10.1 Å². The van der Waals surface area contributed by atoms with E-state index in [1.807, 2.05) is 30.1 Å². The highest BCUT2D eigenvalue weighted by molar-refractivity contribution is 6.30. The molecule has 0 saturated heterocycles. The van der Waals surface area contributed by atoms with Crippen LogP contribution in [-0.2, 0) is 4.79 Å². The van der Waals surface area contributed by atoms with Gasteiger partial charge in [0.2, 0.25) is 5.91 Å². The van der Waals surface area contributed by atoms with Gasteiger partial charge in [-0.2, -0.15) is 0 Å². The van der Waals surface area contributed by atoms with E-state index in [2.05, 4.69) is 5.32 Å². The van der Waals surface area contributed by atoms with Crippen LogP contribution in [0.5, 0.6) is 5.75 Å². The minimum Gasteiger partial charge on any atom is -0.492 e. The summed E-state index contributed by atoms with van der Waals surface area (Å²) in [5, 5.41) is 3.62. The Morgan fingerprint density at radius 3 is 3.00 bits per heavy atom. The van der Waals surface area contributed by atoms with Gasteiger partial charge in [0.1, 0.15) is 12.4 Å². The molecule has 0 unspecified atom stereocenters. The second-order valence-corrected chi connectivity index (χ2v) is 5.32. The second-order valence-electron chi connectivity index (χ2n) is 4.89. The van der Waals surface area contributed by atoms with Crippen LogP contribution in [0.15, 0.2) is 24.3 Å². The Labute approximate surface area is 118 Å². The van der Waals surface area contributed by atoms with Gasteiger partial charge in [0, 0.05) is 17.6 Å². The summed E-state index contributed by atoms with van der Waals surface area (Å²) < 4.78 is 5.57. The maximum atomic E-state index is 11.6. The van der Waals surface area contributed by atoms with Crippen LogP contribution in [0.2, 0.25) is 5.02 Å². The van der Waals surface area contributed by atoms with E-state index in [-0.39, 0.29) is 5.91 Å². The number of hydrogen-bond acceptors (Lipinski definition) is 3. The number of carbonyl (C=O) groups excluding carboxylic acids is 1. The van der Waals surface area contributed by atoms with E-state index in [4.69, 9.17) is 16.3 Å². The molecule has 0 bridgehead atoms. The SMILES string of the molecule is CN(CCOc1cccc(Cl)c1)CC(=O)NC1CC1. The summed E-state index contributed by atoms with van der Waals surface area (Å²) in [5.41, 5.74) is 0. The van der Waals surface area contributed by atoms with Crippen LogP contribution in [0.25, 0.3) is 0 Å². The number of ether oxygens (including phenoxy) is 1. The zero-order chi connectivity index (χ0) is 13.7. The van der Waals surface area contributed by atoms with Crippen molar-refractivity contribution in [3.8, 4) is 5.75 Å². The molecule has 0 aromatic heterocycles. The van der Waals surface area contributed by atoms with Crippen LogP contribution in [0.1, 0.15) is 12.8 Å². The van der Waals surface area contributed by atoms with E-state index < -0.39 is 0 Å². The van der Waals surface area contributed by atoms with Gasteiger partial charge in [-0.3, -0.25) is 9.69 Å². The molecule has 1 saturated carbocycles. The molecule has 0 heterocycles. The van der Waals surface area contributed by atoms with E-state index in [0.717, 1.165) is 18.6 Å². The smallest absolute Gasteiger partial charge is 0.234 e. The summed E-state index contributed by atoms with van der Waals surface area (Å²) in [4.78, 5) is 13.5. The first-order valence-electron chi connectivity index (χ1n) is 6.50. The number of nitrogens with one attached hydrogen (secondary N) is 1. The Morgan fingerprint density at radius 2 is 2.32 bits per heavy atom. The molecule has 19 heavy (non-hydrogen) atoms. The minimum atomic E-state index is 0.0905. The van der Waals surface area contributed by atoms with Crippen molar-refractivity contribution in [1.29, 1.82) is 0 Å². The van der Waals surface area contributed by atoms with Crippen molar-refractivity contribution in [2.24, 2.45) is 0 Å². The molecular formula is C14H19ClN2O2. The van der Waals surface area contributed by atoms with Crippen LogP contribution < -0.4 is 10.1 Å². The first kappa shape index (κ1) is 14.2. The van der Waals surface area contributed by atoms with Crippen LogP contribution in [-0.4, -0.2) is 43.6 Å². The highest BCUT2D eigenvalue weighted by atomic mass is 35.5. The summed E-state index contributed by atoms with van der Waals surface area (Å²) >= 11 is 5.87. The van der Waals surface area contributed by atoms with Crippen molar-refractivity contribution in [3.63, 3.8) is 0 Å².